The molecule has 0 aliphatic carbocycles. The molecule has 8 heteroatoms. The van der Waals surface area contributed by atoms with Crippen molar-refractivity contribution in [2.24, 2.45) is 5.10 Å². The van der Waals surface area contributed by atoms with Crippen molar-refractivity contribution in [3.63, 3.8) is 0 Å². The molecule has 0 fully saturated rings. The van der Waals surface area contributed by atoms with E-state index in [0.29, 0.717) is 38.8 Å². The Hall–Kier alpha value is -2.82. The minimum atomic E-state index is -0.245. The molecular formula is C23H21BrClN3O3. The summed E-state index contributed by atoms with van der Waals surface area (Å²) in [5, 5.41) is 5.25. The third kappa shape index (κ3) is 4.92. The molecule has 31 heavy (non-hydrogen) atoms. The van der Waals surface area contributed by atoms with E-state index in [1.54, 1.807) is 18.2 Å². The smallest absolute Gasteiger partial charge is 0.282 e. The molecular weight excluding hydrogens is 482 g/mol. The van der Waals surface area contributed by atoms with Crippen molar-refractivity contribution in [3.8, 4) is 23.8 Å². The Morgan fingerprint density at radius 2 is 2.16 bits per heavy atom. The molecule has 0 saturated carbocycles. The van der Waals surface area contributed by atoms with E-state index >= 15 is 0 Å². The molecule has 3 aromatic rings. The SMILES string of the molecule is C#CCOc1c(Cl)cc(C=Nn2c([C@@H](C)CC)nc3ccc(Br)cc3c2=O)cc1OC. The maximum absolute atomic E-state index is 13.2. The second kappa shape index (κ2) is 9.99. The van der Waals surface area contributed by atoms with E-state index in [1.165, 1.54) is 18.0 Å². The highest BCUT2D eigenvalue weighted by molar-refractivity contribution is 9.10. The van der Waals surface area contributed by atoms with Gasteiger partial charge in [0.05, 0.1) is 29.2 Å². The second-order valence-corrected chi connectivity index (χ2v) is 8.15. The number of aromatic nitrogens is 2. The van der Waals surface area contributed by atoms with Crippen LogP contribution in [0.1, 0.15) is 37.6 Å². The van der Waals surface area contributed by atoms with E-state index in [9.17, 15) is 4.79 Å². The number of benzene rings is 2. The molecule has 1 atom stereocenters. The normalized spacial score (nSPS) is 12.1. The monoisotopic (exact) mass is 501 g/mol. The average molecular weight is 503 g/mol. The van der Waals surface area contributed by atoms with E-state index in [2.05, 4.69) is 27.0 Å². The number of halogens is 2. The minimum absolute atomic E-state index is 0.0376. The Morgan fingerprint density at radius 1 is 1.39 bits per heavy atom. The predicted octanol–water partition coefficient (Wildman–Crippen LogP) is 5.23. The highest BCUT2D eigenvalue weighted by Crippen LogP contribution is 2.36. The molecule has 3 rings (SSSR count). The molecule has 0 spiro atoms. The van der Waals surface area contributed by atoms with Crippen LogP contribution in [0.4, 0.5) is 0 Å². The summed E-state index contributed by atoms with van der Waals surface area (Å²) in [6.45, 7) is 4.11. The fourth-order valence-corrected chi connectivity index (χ4v) is 3.61. The number of hydrogen-bond acceptors (Lipinski definition) is 5. The van der Waals surface area contributed by atoms with Gasteiger partial charge in [-0.3, -0.25) is 4.79 Å². The van der Waals surface area contributed by atoms with Gasteiger partial charge in [0.1, 0.15) is 12.4 Å². The predicted molar refractivity (Wildman–Crippen MR) is 128 cm³/mol. The summed E-state index contributed by atoms with van der Waals surface area (Å²) in [5.74, 6) is 3.79. The third-order valence-corrected chi connectivity index (χ3v) is 5.53. The number of rotatable bonds is 7. The lowest BCUT2D eigenvalue weighted by molar-refractivity contribution is 0.331. The quantitative estimate of drug-likeness (QED) is 0.328. The summed E-state index contributed by atoms with van der Waals surface area (Å²) < 4.78 is 13.0. The van der Waals surface area contributed by atoms with Crippen LogP contribution < -0.4 is 15.0 Å². The molecule has 6 nitrogen and oxygen atoms in total. The van der Waals surface area contributed by atoms with Crippen molar-refractivity contribution < 1.29 is 9.47 Å². The fraction of sp³-hybridized carbons (Fsp3) is 0.261. The lowest BCUT2D eigenvalue weighted by Crippen LogP contribution is -2.23. The standard InChI is InChI=1S/C23H21BrClN3O3/c1-5-9-31-21-18(25)10-15(11-20(21)30-4)13-26-28-22(14(3)6-2)27-19-8-7-16(24)12-17(19)23(28)29/h1,7-8,10-14H,6,9H2,2-4H3/t14-/m0/s1. The zero-order valence-corrected chi connectivity index (χ0v) is 19.7. The van der Waals surface area contributed by atoms with Crippen molar-refractivity contribution in [2.75, 3.05) is 13.7 Å². The number of terminal acetylenes is 1. The molecule has 160 valence electrons. The van der Waals surface area contributed by atoms with Crippen LogP contribution in [0.25, 0.3) is 10.9 Å². The Kier molecular flexibility index (Phi) is 7.37. The van der Waals surface area contributed by atoms with E-state index in [4.69, 9.17) is 32.5 Å². The van der Waals surface area contributed by atoms with Gasteiger partial charge in [-0.15, -0.1) is 6.42 Å². The van der Waals surface area contributed by atoms with Crippen LogP contribution in [0, 0.1) is 12.3 Å². The zero-order valence-electron chi connectivity index (χ0n) is 17.4. The Balaban J connectivity index is 2.12. The van der Waals surface area contributed by atoms with Gasteiger partial charge in [-0.05, 0) is 42.3 Å². The van der Waals surface area contributed by atoms with Crippen LogP contribution in [0.2, 0.25) is 5.02 Å². The largest absolute Gasteiger partial charge is 0.493 e. The summed E-state index contributed by atoms with van der Waals surface area (Å²) >= 11 is 9.75. The summed E-state index contributed by atoms with van der Waals surface area (Å²) in [6.07, 6.45) is 7.60. The van der Waals surface area contributed by atoms with Gasteiger partial charge >= 0.3 is 0 Å². The van der Waals surface area contributed by atoms with Crippen molar-refractivity contribution in [3.05, 3.63) is 61.6 Å². The first kappa shape index (κ1) is 22.9. The van der Waals surface area contributed by atoms with Crippen LogP contribution >= 0.6 is 27.5 Å². The Morgan fingerprint density at radius 3 is 2.84 bits per heavy atom. The van der Waals surface area contributed by atoms with Gasteiger partial charge in [-0.1, -0.05) is 47.3 Å². The molecule has 0 unspecified atom stereocenters. The van der Waals surface area contributed by atoms with E-state index in [1.807, 2.05) is 26.0 Å². The minimum Gasteiger partial charge on any atom is -0.493 e. The number of fused-ring (bicyclic) bond motifs is 1. The van der Waals surface area contributed by atoms with Crippen molar-refractivity contribution in [1.29, 1.82) is 0 Å². The van der Waals surface area contributed by atoms with Gasteiger partial charge in [0.15, 0.2) is 11.5 Å². The van der Waals surface area contributed by atoms with E-state index in [0.717, 1.165) is 10.9 Å². The van der Waals surface area contributed by atoms with Gasteiger partial charge in [-0.2, -0.15) is 9.78 Å². The first-order chi connectivity index (χ1) is 14.9. The lowest BCUT2D eigenvalue weighted by Gasteiger charge is -2.14. The zero-order chi connectivity index (χ0) is 22.5. The molecule has 1 heterocycles. The third-order valence-electron chi connectivity index (χ3n) is 4.76. The molecule has 0 saturated heterocycles. The van der Waals surface area contributed by atoms with E-state index < -0.39 is 0 Å². The number of nitrogens with zero attached hydrogens (tertiary/aromatic N) is 3. The first-order valence-electron chi connectivity index (χ1n) is 9.59. The van der Waals surface area contributed by atoms with Gasteiger partial charge in [0, 0.05) is 10.4 Å². The molecule has 0 amide bonds. The second-order valence-electron chi connectivity index (χ2n) is 6.83. The van der Waals surface area contributed by atoms with Crippen molar-refractivity contribution >= 4 is 44.6 Å². The highest BCUT2D eigenvalue weighted by Gasteiger charge is 2.16. The molecule has 0 aliphatic rings. The summed E-state index contributed by atoms with van der Waals surface area (Å²) in [7, 11) is 1.51. The molecule has 1 aromatic heterocycles. The maximum Gasteiger partial charge on any atom is 0.282 e. The van der Waals surface area contributed by atoms with Gasteiger partial charge in [0.25, 0.3) is 5.56 Å². The lowest BCUT2D eigenvalue weighted by atomic mass is 10.1. The number of ether oxygens (including phenoxy) is 2. The molecule has 0 bridgehead atoms. The van der Waals surface area contributed by atoms with Crippen molar-refractivity contribution in [1.82, 2.24) is 9.66 Å². The fourth-order valence-electron chi connectivity index (χ4n) is 2.97. The van der Waals surface area contributed by atoms with Crippen LogP contribution in [-0.4, -0.2) is 29.6 Å². The van der Waals surface area contributed by atoms with Crippen LogP contribution in [0.5, 0.6) is 11.5 Å². The average Bonchev–Trinajstić information content (AvgIpc) is 2.77. The van der Waals surface area contributed by atoms with Gasteiger partial charge in [0.2, 0.25) is 0 Å². The highest BCUT2D eigenvalue weighted by atomic mass is 79.9. The number of hydrogen-bond donors (Lipinski definition) is 0. The first-order valence-corrected chi connectivity index (χ1v) is 10.8. The Bertz CT molecular complexity index is 1250. The molecule has 0 radical (unpaired) electrons. The molecule has 2 aromatic carbocycles. The summed E-state index contributed by atoms with van der Waals surface area (Å²) in [5.41, 5.74) is 1.02. The van der Waals surface area contributed by atoms with Gasteiger partial charge < -0.3 is 9.47 Å². The topological polar surface area (TPSA) is 65.7 Å². The van der Waals surface area contributed by atoms with E-state index in [-0.39, 0.29) is 18.1 Å². The maximum atomic E-state index is 13.2. The summed E-state index contributed by atoms with van der Waals surface area (Å²) in [4.78, 5) is 17.9. The Labute approximate surface area is 194 Å². The van der Waals surface area contributed by atoms with Gasteiger partial charge in [-0.25, -0.2) is 4.98 Å². The van der Waals surface area contributed by atoms with Crippen LogP contribution in [0.3, 0.4) is 0 Å². The van der Waals surface area contributed by atoms with Crippen LogP contribution in [0.15, 0.2) is 44.7 Å². The summed E-state index contributed by atoms with van der Waals surface area (Å²) in [6, 6.07) is 8.80. The number of methoxy groups -OCH3 is 1. The molecule has 0 aliphatic heterocycles. The van der Waals surface area contributed by atoms with Crippen molar-refractivity contribution in [2.45, 2.75) is 26.2 Å². The van der Waals surface area contributed by atoms with Crippen LogP contribution in [-0.2, 0) is 0 Å². The molecule has 0 N–H and O–H groups in total.